The first-order valence-corrected chi connectivity index (χ1v) is 11.0. The summed E-state index contributed by atoms with van der Waals surface area (Å²) in [5.41, 5.74) is 6.16. The van der Waals surface area contributed by atoms with Crippen LogP contribution in [-0.4, -0.2) is 32.1 Å². The van der Waals surface area contributed by atoms with E-state index in [4.69, 9.17) is 13.9 Å². The van der Waals surface area contributed by atoms with Crippen LogP contribution in [0, 0.1) is 12.7 Å². The number of methoxy groups -OCH3 is 2. The quantitative estimate of drug-likeness (QED) is 0.425. The highest BCUT2D eigenvalue weighted by Crippen LogP contribution is 2.44. The Labute approximate surface area is 199 Å². The number of benzene rings is 2. The summed E-state index contributed by atoms with van der Waals surface area (Å²) in [6, 6.07) is 12.2. The van der Waals surface area contributed by atoms with E-state index in [0.717, 1.165) is 50.5 Å². The van der Waals surface area contributed by atoms with Gasteiger partial charge in [-0.25, -0.2) is 4.39 Å². The molecule has 0 radical (unpaired) electrons. The maximum absolute atomic E-state index is 14.2. The van der Waals surface area contributed by atoms with Gasteiger partial charge in [-0.15, -0.1) is 0 Å². The lowest BCUT2D eigenvalue weighted by atomic mass is 9.99. The molecule has 3 aromatic rings. The fourth-order valence-electron chi connectivity index (χ4n) is 4.35. The molecule has 0 fully saturated rings. The second kappa shape index (κ2) is 9.59. The number of ether oxygens (including phenoxy) is 2. The van der Waals surface area contributed by atoms with Crippen LogP contribution in [0.5, 0.6) is 11.5 Å². The number of hydrogen-bond acceptors (Lipinski definition) is 4. The topological polar surface area (TPSA) is 51.9 Å². The largest absolute Gasteiger partial charge is 0.496 e. The molecule has 0 unspecified atom stereocenters. The SMILES string of the molecule is COc1cc(/C=C2/C(C)=C(CC(=O)N(C)Cc3ccco3)c3cc(F)ccc32)cc(OC)c1C. The molecule has 6 heteroatoms. The Bertz CT molecular complexity index is 1260. The zero-order valence-electron chi connectivity index (χ0n) is 20.1. The highest BCUT2D eigenvalue weighted by Gasteiger charge is 2.27. The van der Waals surface area contributed by atoms with Crippen molar-refractivity contribution in [2.24, 2.45) is 0 Å². The second-order valence-corrected chi connectivity index (χ2v) is 8.41. The van der Waals surface area contributed by atoms with Crippen LogP contribution in [0.1, 0.15) is 41.4 Å². The van der Waals surface area contributed by atoms with E-state index in [-0.39, 0.29) is 18.1 Å². The minimum absolute atomic E-state index is 0.0686. The Morgan fingerprint density at radius 3 is 2.38 bits per heavy atom. The molecule has 5 nitrogen and oxygen atoms in total. The monoisotopic (exact) mass is 461 g/mol. The number of nitrogens with zero attached hydrogens (tertiary/aromatic N) is 1. The summed E-state index contributed by atoms with van der Waals surface area (Å²) >= 11 is 0. The van der Waals surface area contributed by atoms with E-state index in [1.54, 1.807) is 44.6 Å². The van der Waals surface area contributed by atoms with Crippen molar-refractivity contribution in [3.05, 3.63) is 88.1 Å². The summed E-state index contributed by atoms with van der Waals surface area (Å²) in [4.78, 5) is 14.7. The molecule has 0 aliphatic heterocycles. The van der Waals surface area contributed by atoms with Crippen LogP contribution in [0.15, 0.2) is 58.7 Å². The molecular weight excluding hydrogens is 433 g/mol. The molecule has 1 aliphatic carbocycles. The highest BCUT2D eigenvalue weighted by molar-refractivity contribution is 6.08. The lowest BCUT2D eigenvalue weighted by Crippen LogP contribution is -2.26. The van der Waals surface area contributed by atoms with Gasteiger partial charge >= 0.3 is 0 Å². The molecule has 176 valence electrons. The van der Waals surface area contributed by atoms with Gasteiger partial charge in [0.25, 0.3) is 0 Å². The third-order valence-electron chi connectivity index (χ3n) is 6.27. The van der Waals surface area contributed by atoms with E-state index in [9.17, 15) is 9.18 Å². The average Bonchev–Trinajstić information content (AvgIpc) is 3.42. The zero-order valence-corrected chi connectivity index (χ0v) is 20.1. The molecule has 1 heterocycles. The van der Waals surface area contributed by atoms with Gasteiger partial charge in [0.05, 0.1) is 33.4 Å². The first kappa shape index (κ1) is 23.4. The minimum Gasteiger partial charge on any atom is -0.496 e. The fourth-order valence-corrected chi connectivity index (χ4v) is 4.35. The molecule has 0 bridgehead atoms. The molecule has 34 heavy (non-hydrogen) atoms. The highest BCUT2D eigenvalue weighted by atomic mass is 19.1. The van der Waals surface area contributed by atoms with Crippen molar-refractivity contribution in [3.63, 3.8) is 0 Å². The van der Waals surface area contributed by atoms with Crippen molar-refractivity contribution < 1.29 is 23.1 Å². The number of carbonyl (C=O) groups excluding carboxylic acids is 1. The summed E-state index contributed by atoms with van der Waals surface area (Å²) < 4.78 is 30.6. The second-order valence-electron chi connectivity index (χ2n) is 8.41. The number of carbonyl (C=O) groups is 1. The van der Waals surface area contributed by atoms with Crippen LogP contribution in [-0.2, 0) is 11.3 Å². The van der Waals surface area contributed by atoms with Crippen molar-refractivity contribution in [1.82, 2.24) is 4.90 Å². The smallest absolute Gasteiger partial charge is 0.227 e. The van der Waals surface area contributed by atoms with E-state index < -0.39 is 0 Å². The van der Waals surface area contributed by atoms with Gasteiger partial charge in [-0.3, -0.25) is 4.79 Å². The van der Waals surface area contributed by atoms with E-state index in [1.165, 1.54) is 12.1 Å². The molecule has 1 aromatic heterocycles. The molecule has 0 saturated carbocycles. The Kier molecular flexibility index (Phi) is 6.59. The third-order valence-corrected chi connectivity index (χ3v) is 6.27. The number of amides is 1. The summed E-state index contributed by atoms with van der Waals surface area (Å²) in [5, 5.41) is 0. The molecule has 1 aliphatic rings. The lowest BCUT2D eigenvalue weighted by molar-refractivity contribution is -0.129. The number of hydrogen-bond donors (Lipinski definition) is 0. The van der Waals surface area contributed by atoms with Gasteiger partial charge in [0.1, 0.15) is 23.1 Å². The molecule has 1 amide bonds. The zero-order chi connectivity index (χ0) is 24.4. The number of halogens is 1. The van der Waals surface area contributed by atoms with Gasteiger partial charge in [0.2, 0.25) is 5.91 Å². The van der Waals surface area contributed by atoms with Crippen LogP contribution in [0.3, 0.4) is 0 Å². The van der Waals surface area contributed by atoms with Crippen molar-refractivity contribution in [3.8, 4) is 11.5 Å². The number of rotatable bonds is 7. The van der Waals surface area contributed by atoms with Gasteiger partial charge < -0.3 is 18.8 Å². The lowest BCUT2D eigenvalue weighted by Gasteiger charge is -2.17. The summed E-state index contributed by atoms with van der Waals surface area (Å²) in [6.45, 7) is 4.29. The van der Waals surface area contributed by atoms with Crippen molar-refractivity contribution in [2.75, 3.05) is 21.3 Å². The van der Waals surface area contributed by atoms with Gasteiger partial charge in [-0.2, -0.15) is 0 Å². The Hall–Kier alpha value is -3.80. The number of allylic oxidation sites excluding steroid dienone is 2. The van der Waals surface area contributed by atoms with Gasteiger partial charge in [0, 0.05) is 12.6 Å². The van der Waals surface area contributed by atoms with E-state index in [2.05, 4.69) is 0 Å². The van der Waals surface area contributed by atoms with Gasteiger partial charge in [-0.1, -0.05) is 6.07 Å². The van der Waals surface area contributed by atoms with Crippen LogP contribution >= 0.6 is 0 Å². The normalized spacial score (nSPS) is 13.9. The van der Waals surface area contributed by atoms with Gasteiger partial charge in [-0.05, 0) is 89.7 Å². The maximum atomic E-state index is 14.2. The Morgan fingerprint density at radius 1 is 1.06 bits per heavy atom. The number of furan rings is 1. The fraction of sp³-hybridized carbons (Fsp3) is 0.250. The van der Waals surface area contributed by atoms with E-state index in [0.29, 0.717) is 12.3 Å². The first-order valence-electron chi connectivity index (χ1n) is 11.0. The maximum Gasteiger partial charge on any atom is 0.227 e. The first-order chi connectivity index (χ1) is 16.3. The van der Waals surface area contributed by atoms with Crippen molar-refractivity contribution in [1.29, 1.82) is 0 Å². The number of fused-ring (bicyclic) bond motifs is 1. The summed E-state index contributed by atoms with van der Waals surface area (Å²) in [6.07, 6.45) is 3.78. The summed E-state index contributed by atoms with van der Waals surface area (Å²) in [5.74, 6) is 1.75. The van der Waals surface area contributed by atoms with Crippen LogP contribution in [0.2, 0.25) is 0 Å². The standard InChI is InChI=1S/C28H28FNO4/c1-17-23(11-19-12-26(32-4)18(2)27(13-19)33-5)22-9-8-20(29)14-25(22)24(17)15-28(31)30(3)16-21-7-6-10-34-21/h6-14H,15-16H2,1-5H3/b23-11-. The van der Waals surface area contributed by atoms with E-state index in [1.807, 2.05) is 38.1 Å². The molecule has 0 atom stereocenters. The predicted octanol–water partition coefficient (Wildman–Crippen LogP) is 6.12. The molecule has 0 spiro atoms. The predicted molar refractivity (Wildman–Crippen MR) is 131 cm³/mol. The minimum atomic E-state index is -0.333. The van der Waals surface area contributed by atoms with Crippen LogP contribution < -0.4 is 9.47 Å². The average molecular weight is 462 g/mol. The van der Waals surface area contributed by atoms with Crippen molar-refractivity contribution >= 4 is 23.1 Å². The Morgan fingerprint density at radius 2 is 1.76 bits per heavy atom. The van der Waals surface area contributed by atoms with Crippen molar-refractivity contribution in [2.45, 2.75) is 26.8 Å². The third kappa shape index (κ3) is 4.49. The molecule has 4 rings (SSSR count). The van der Waals surface area contributed by atoms with Crippen LogP contribution in [0.4, 0.5) is 4.39 Å². The molecule has 0 N–H and O–H groups in total. The molecule has 0 saturated heterocycles. The molecule has 2 aromatic carbocycles. The Balaban J connectivity index is 1.72. The van der Waals surface area contributed by atoms with Gasteiger partial charge in [0.15, 0.2) is 0 Å². The van der Waals surface area contributed by atoms with Crippen LogP contribution in [0.25, 0.3) is 17.2 Å². The summed E-state index contributed by atoms with van der Waals surface area (Å²) in [7, 11) is 4.99. The molecular formula is C28H28FNO4. The van der Waals surface area contributed by atoms with E-state index >= 15 is 0 Å².